The molecule has 1 saturated heterocycles. The Morgan fingerprint density at radius 1 is 0.543 bits per heavy atom. The maximum absolute atomic E-state index is 6.43. The highest BCUT2D eigenvalue weighted by Gasteiger charge is 2.48. The Balaban J connectivity index is 2.66. The minimum absolute atomic E-state index is 0.108. The van der Waals surface area contributed by atoms with E-state index in [0.29, 0.717) is 6.04 Å². The van der Waals surface area contributed by atoms with Gasteiger partial charge in [-0.3, -0.25) is 4.84 Å². The zero-order chi connectivity index (χ0) is 34.0. The number of aromatic nitrogens is 3. The number of hydrogen-bond donors (Lipinski definition) is 0. The van der Waals surface area contributed by atoms with Crippen molar-refractivity contribution in [2.24, 2.45) is 0 Å². The van der Waals surface area contributed by atoms with E-state index in [2.05, 4.69) is 89.0 Å². The Bertz CT molecular complexity index is 867. The molecule has 46 heavy (non-hydrogen) atoms. The molecule has 0 unspecified atom stereocenters. The number of piperidine rings is 1. The molecule has 0 aromatic carbocycles. The predicted octanol–water partition coefficient (Wildman–Crippen LogP) is 9.82. The van der Waals surface area contributed by atoms with Gasteiger partial charge in [-0.05, 0) is 79.1 Å². The van der Waals surface area contributed by atoms with Gasteiger partial charge in [0.05, 0.1) is 6.61 Å². The lowest BCUT2D eigenvalue weighted by Crippen LogP contribution is -2.64. The molecule has 1 aliphatic heterocycles. The number of anilines is 3. The normalized spacial score (nSPS) is 16.6. The van der Waals surface area contributed by atoms with E-state index in [1.807, 2.05) is 0 Å². The van der Waals surface area contributed by atoms with Crippen LogP contribution in [0.3, 0.4) is 0 Å². The predicted molar refractivity (Wildman–Crippen MR) is 199 cm³/mol. The molecule has 1 aromatic rings. The van der Waals surface area contributed by atoms with Crippen LogP contribution in [-0.4, -0.2) is 76.5 Å². The fraction of sp³-hybridized carbons (Fsp3) is 0.921. The van der Waals surface area contributed by atoms with Crippen LogP contribution in [0.1, 0.15) is 172 Å². The Kier molecular flexibility index (Phi) is 18.8. The first-order valence-electron chi connectivity index (χ1n) is 19.5. The fourth-order valence-corrected chi connectivity index (χ4v) is 7.07. The van der Waals surface area contributed by atoms with Crippen LogP contribution in [0.4, 0.5) is 17.8 Å². The lowest BCUT2D eigenvalue weighted by Gasteiger charge is -2.55. The molecule has 0 atom stereocenters. The van der Waals surface area contributed by atoms with Gasteiger partial charge >= 0.3 is 0 Å². The summed E-state index contributed by atoms with van der Waals surface area (Å²) in [6.45, 7) is 28.7. The molecule has 0 spiro atoms. The highest BCUT2D eigenvalue weighted by Crippen LogP contribution is 2.41. The van der Waals surface area contributed by atoms with Crippen molar-refractivity contribution >= 4 is 17.8 Å². The second-order valence-corrected chi connectivity index (χ2v) is 15.0. The van der Waals surface area contributed by atoms with Crippen molar-refractivity contribution in [1.82, 2.24) is 20.0 Å². The molecule has 0 amide bonds. The lowest BCUT2D eigenvalue weighted by atomic mass is 9.78. The number of hydroxylamine groups is 2. The van der Waals surface area contributed by atoms with Crippen LogP contribution in [0.2, 0.25) is 0 Å². The minimum atomic E-state index is -0.108. The van der Waals surface area contributed by atoms with E-state index in [4.69, 9.17) is 19.8 Å². The molecule has 1 fully saturated rings. The fourth-order valence-electron chi connectivity index (χ4n) is 7.07. The first-order valence-corrected chi connectivity index (χ1v) is 19.5. The summed E-state index contributed by atoms with van der Waals surface area (Å²) >= 11 is 0. The number of unbranched alkanes of at least 4 members (excludes halogenated alkanes) is 8. The van der Waals surface area contributed by atoms with Gasteiger partial charge in [0.25, 0.3) is 0 Å². The summed E-state index contributed by atoms with van der Waals surface area (Å²) in [5.41, 5.74) is -0.216. The molecular formula is C38H75N7O. The molecule has 2 rings (SSSR count). The SMILES string of the molecule is CCCCCCCN(c1nc(N(CCCC)CCCC)nc(N(CCCC)CCCC)n1)C1CC(C)(C)N(OCCC)C(C)(C)C1. The molecule has 8 nitrogen and oxygen atoms in total. The van der Waals surface area contributed by atoms with Crippen molar-refractivity contribution in [1.29, 1.82) is 0 Å². The van der Waals surface area contributed by atoms with Gasteiger partial charge in [0.15, 0.2) is 0 Å². The molecule has 8 heteroatoms. The number of hydrogen-bond acceptors (Lipinski definition) is 8. The van der Waals surface area contributed by atoms with Crippen molar-refractivity contribution in [2.45, 2.75) is 189 Å². The van der Waals surface area contributed by atoms with E-state index < -0.39 is 0 Å². The van der Waals surface area contributed by atoms with Gasteiger partial charge in [-0.1, -0.05) is 92.9 Å². The van der Waals surface area contributed by atoms with Gasteiger partial charge in [0, 0.05) is 49.8 Å². The summed E-state index contributed by atoms with van der Waals surface area (Å²) in [4.78, 5) is 30.0. The van der Waals surface area contributed by atoms with E-state index in [9.17, 15) is 0 Å². The zero-order valence-electron chi connectivity index (χ0n) is 32.2. The van der Waals surface area contributed by atoms with E-state index in [1.165, 1.54) is 51.4 Å². The van der Waals surface area contributed by atoms with Crippen molar-refractivity contribution in [3.63, 3.8) is 0 Å². The van der Waals surface area contributed by atoms with Crippen molar-refractivity contribution in [3.05, 3.63) is 0 Å². The third kappa shape index (κ3) is 12.7. The molecular weight excluding hydrogens is 570 g/mol. The molecule has 1 aromatic heterocycles. The highest BCUT2D eigenvalue weighted by molar-refractivity contribution is 5.47. The Morgan fingerprint density at radius 2 is 0.957 bits per heavy atom. The summed E-state index contributed by atoms with van der Waals surface area (Å²) in [6.07, 6.45) is 18.6. The standard InChI is InChI=1S/C38H75N7O/c1-11-17-22-23-24-29-44(33-31-37(7,8)45(46-30-16-6)38(9,10)32-33)36-40-34(42(25-18-12-2)26-19-13-3)39-35(41-36)43(27-20-14-4)28-21-15-5/h33H,11-32H2,1-10H3. The third-order valence-corrected chi connectivity index (χ3v) is 9.49. The first-order chi connectivity index (χ1) is 22.1. The van der Waals surface area contributed by atoms with E-state index >= 15 is 0 Å². The first kappa shape index (κ1) is 40.5. The molecule has 0 saturated carbocycles. The van der Waals surface area contributed by atoms with E-state index in [-0.39, 0.29) is 11.1 Å². The summed E-state index contributed by atoms with van der Waals surface area (Å²) < 4.78 is 0. The molecule has 0 bridgehead atoms. The van der Waals surface area contributed by atoms with Crippen LogP contribution in [-0.2, 0) is 4.84 Å². The minimum Gasteiger partial charge on any atom is -0.341 e. The molecule has 1 aliphatic rings. The third-order valence-electron chi connectivity index (χ3n) is 9.49. The number of nitrogens with zero attached hydrogens (tertiary/aromatic N) is 7. The van der Waals surface area contributed by atoms with Crippen molar-refractivity contribution in [3.8, 4) is 0 Å². The lowest BCUT2D eigenvalue weighted by molar-refractivity contribution is -0.282. The largest absolute Gasteiger partial charge is 0.341 e. The molecule has 0 radical (unpaired) electrons. The van der Waals surface area contributed by atoms with Gasteiger partial charge in [-0.25, -0.2) is 0 Å². The average Bonchev–Trinajstić information content (AvgIpc) is 3.01. The van der Waals surface area contributed by atoms with Crippen LogP contribution in [0.15, 0.2) is 0 Å². The van der Waals surface area contributed by atoms with Crippen LogP contribution < -0.4 is 14.7 Å². The van der Waals surface area contributed by atoms with Gasteiger partial charge in [-0.15, -0.1) is 0 Å². The van der Waals surface area contributed by atoms with Crippen molar-refractivity contribution in [2.75, 3.05) is 54.0 Å². The molecule has 0 N–H and O–H groups in total. The quantitative estimate of drug-likeness (QED) is 0.0974. The smallest absolute Gasteiger partial charge is 0.232 e. The van der Waals surface area contributed by atoms with Crippen LogP contribution in [0, 0.1) is 0 Å². The van der Waals surface area contributed by atoms with Crippen molar-refractivity contribution < 1.29 is 4.84 Å². The Morgan fingerprint density at radius 3 is 1.37 bits per heavy atom. The zero-order valence-corrected chi connectivity index (χ0v) is 32.2. The van der Waals surface area contributed by atoms with Crippen LogP contribution in [0.25, 0.3) is 0 Å². The molecule has 268 valence electrons. The van der Waals surface area contributed by atoms with Gasteiger partial charge in [-0.2, -0.15) is 20.0 Å². The van der Waals surface area contributed by atoms with Crippen LogP contribution in [0.5, 0.6) is 0 Å². The molecule has 0 aliphatic carbocycles. The Labute approximate surface area is 285 Å². The monoisotopic (exact) mass is 646 g/mol. The van der Waals surface area contributed by atoms with Crippen LogP contribution >= 0.6 is 0 Å². The van der Waals surface area contributed by atoms with E-state index in [0.717, 1.165) is 109 Å². The van der Waals surface area contributed by atoms with Gasteiger partial charge in [0.1, 0.15) is 0 Å². The second kappa shape index (κ2) is 21.3. The molecule has 2 heterocycles. The summed E-state index contributed by atoms with van der Waals surface area (Å²) in [6, 6.07) is 0.320. The maximum Gasteiger partial charge on any atom is 0.232 e. The number of rotatable bonds is 25. The average molecular weight is 646 g/mol. The summed E-state index contributed by atoms with van der Waals surface area (Å²) in [5.74, 6) is 2.63. The summed E-state index contributed by atoms with van der Waals surface area (Å²) in [7, 11) is 0. The van der Waals surface area contributed by atoms with Gasteiger partial charge < -0.3 is 14.7 Å². The van der Waals surface area contributed by atoms with Gasteiger partial charge in [0.2, 0.25) is 17.8 Å². The van der Waals surface area contributed by atoms with E-state index in [1.54, 1.807) is 0 Å². The topological polar surface area (TPSA) is 60.9 Å². The second-order valence-electron chi connectivity index (χ2n) is 15.0. The summed E-state index contributed by atoms with van der Waals surface area (Å²) in [5, 5.41) is 2.30. The maximum atomic E-state index is 6.43. The Hall–Kier alpha value is -1.67. The highest BCUT2D eigenvalue weighted by atomic mass is 16.7.